The zero-order valence-corrected chi connectivity index (χ0v) is 15.1. The number of aryl methyl sites for hydroxylation is 1. The molecule has 0 saturated heterocycles. The van der Waals surface area contributed by atoms with Crippen molar-refractivity contribution in [2.24, 2.45) is 0 Å². The van der Waals surface area contributed by atoms with Gasteiger partial charge in [-0.2, -0.15) is 13.2 Å². The number of rotatable bonds is 6. The maximum absolute atomic E-state index is 12.1. The summed E-state index contributed by atoms with van der Waals surface area (Å²) < 4.78 is 41.0. The van der Waals surface area contributed by atoms with Crippen molar-refractivity contribution in [2.45, 2.75) is 39.9 Å². The van der Waals surface area contributed by atoms with Crippen LogP contribution in [0.1, 0.15) is 30.5 Å². The molecule has 1 heterocycles. The monoisotopic (exact) mass is 368 g/mol. The van der Waals surface area contributed by atoms with Crippen molar-refractivity contribution in [3.8, 4) is 5.88 Å². The molecule has 1 amide bonds. The van der Waals surface area contributed by atoms with E-state index in [0.29, 0.717) is 5.56 Å². The fraction of sp³-hybridized carbons (Fsp3) is 0.368. The highest BCUT2D eigenvalue weighted by Crippen LogP contribution is 2.17. The number of benzene rings is 1. The Labute approximate surface area is 151 Å². The Morgan fingerprint density at radius 3 is 2.54 bits per heavy atom. The molecule has 142 valence electrons. The average molecular weight is 368 g/mol. The van der Waals surface area contributed by atoms with Crippen molar-refractivity contribution in [1.82, 2.24) is 10.3 Å². The van der Waals surface area contributed by atoms with Gasteiger partial charge < -0.3 is 10.1 Å². The second kappa shape index (κ2) is 10.4. The SMILES string of the molecule is CC.Cc1ccccc1CC(=O)NCc1ccnc(OCC(F)(F)F)c1. The van der Waals surface area contributed by atoms with Crippen LogP contribution < -0.4 is 10.1 Å². The van der Waals surface area contributed by atoms with E-state index in [2.05, 4.69) is 15.0 Å². The van der Waals surface area contributed by atoms with Crippen LogP contribution in [0, 0.1) is 6.92 Å². The molecule has 0 radical (unpaired) electrons. The van der Waals surface area contributed by atoms with Gasteiger partial charge in [0.05, 0.1) is 6.42 Å². The first-order valence-electron chi connectivity index (χ1n) is 8.29. The molecule has 0 aliphatic heterocycles. The number of carbonyl (C=O) groups is 1. The lowest BCUT2D eigenvalue weighted by atomic mass is 10.1. The summed E-state index contributed by atoms with van der Waals surface area (Å²) >= 11 is 0. The van der Waals surface area contributed by atoms with Crippen LogP contribution >= 0.6 is 0 Å². The number of hydrogen-bond donors (Lipinski definition) is 1. The van der Waals surface area contributed by atoms with Crippen molar-refractivity contribution in [1.29, 1.82) is 0 Å². The molecule has 2 rings (SSSR count). The van der Waals surface area contributed by atoms with Crippen LogP contribution in [-0.2, 0) is 17.8 Å². The summed E-state index contributed by atoms with van der Waals surface area (Å²) in [5.74, 6) is -0.295. The van der Waals surface area contributed by atoms with Crippen molar-refractivity contribution >= 4 is 5.91 Å². The summed E-state index contributed by atoms with van der Waals surface area (Å²) in [4.78, 5) is 15.7. The molecule has 1 N–H and O–H groups in total. The van der Waals surface area contributed by atoms with E-state index < -0.39 is 12.8 Å². The molecule has 0 fully saturated rings. The highest BCUT2D eigenvalue weighted by Gasteiger charge is 2.28. The minimum Gasteiger partial charge on any atom is -0.468 e. The Morgan fingerprint density at radius 1 is 1.19 bits per heavy atom. The van der Waals surface area contributed by atoms with Gasteiger partial charge in [0.25, 0.3) is 0 Å². The predicted octanol–water partition coefficient (Wildman–Crippen LogP) is 4.22. The van der Waals surface area contributed by atoms with E-state index in [1.807, 2.05) is 45.0 Å². The summed E-state index contributed by atoms with van der Waals surface area (Å²) in [5.41, 5.74) is 2.57. The van der Waals surface area contributed by atoms with Crippen LogP contribution in [0.5, 0.6) is 5.88 Å². The topological polar surface area (TPSA) is 51.2 Å². The second-order valence-electron chi connectivity index (χ2n) is 5.29. The Kier molecular flexibility index (Phi) is 8.61. The number of pyridine rings is 1. The molecular formula is C19H23F3N2O2. The number of ether oxygens (including phenoxy) is 1. The fourth-order valence-corrected chi connectivity index (χ4v) is 2.04. The molecule has 26 heavy (non-hydrogen) atoms. The lowest BCUT2D eigenvalue weighted by Crippen LogP contribution is -2.25. The minimum atomic E-state index is -4.42. The Bertz CT molecular complexity index is 703. The smallest absolute Gasteiger partial charge is 0.422 e. The first-order chi connectivity index (χ1) is 12.3. The molecule has 0 aliphatic rings. The van der Waals surface area contributed by atoms with Gasteiger partial charge in [-0.25, -0.2) is 4.98 Å². The molecule has 0 spiro atoms. The van der Waals surface area contributed by atoms with Gasteiger partial charge in [-0.1, -0.05) is 38.1 Å². The Balaban J connectivity index is 0.00000163. The van der Waals surface area contributed by atoms with Crippen LogP contribution in [0.15, 0.2) is 42.6 Å². The zero-order chi connectivity index (χ0) is 19.6. The van der Waals surface area contributed by atoms with Crippen molar-refractivity contribution in [3.05, 3.63) is 59.3 Å². The third-order valence-corrected chi connectivity index (χ3v) is 3.28. The lowest BCUT2D eigenvalue weighted by Gasteiger charge is -2.10. The second-order valence-corrected chi connectivity index (χ2v) is 5.29. The maximum atomic E-state index is 12.1. The Morgan fingerprint density at radius 2 is 1.88 bits per heavy atom. The van der Waals surface area contributed by atoms with Crippen LogP contribution in [0.25, 0.3) is 0 Å². The number of carbonyl (C=O) groups excluding carboxylic acids is 1. The zero-order valence-electron chi connectivity index (χ0n) is 15.1. The standard InChI is InChI=1S/C17H17F3N2O2.C2H6/c1-12-4-2-3-5-14(12)9-15(23)22-10-13-6-7-21-16(8-13)24-11-17(18,19)20;1-2/h2-8H,9-11H2,1H3,(H,22,23);1-2H3. The third-order valence-electron chi connectivity index (χ3n) is 3.28. The van der Waals surface area contributed by atoms with Gasteiger partial charge in [-0.3, -0.25) is 4.79 Å². The average Bonchev–Trinajstić information content (AvgIpc) is 2.62. The number of hydrogen-bond acceptors (Lipinski definition) is 3. The van der Waals surface area contributed by atoms with Gasteiger partial charge in [0.2, 0.25) is 11.8 Å². The van der Waals surface area contributed by atoms with E-state index in [4.69, 9.17) is 0 Å². The van der Waals surface area contributed by atoms with Gasteiger partial charge in [0, 0.05) is 18.8 Å². The third kappa shape index (κ3) is 8.00. The molecule has 0 bridgehead atoms. The molecule has 0 unspecified atom stereocenters. The van der Waals surface area contributed by atoms with Gasteiger partial charge in [-0.05, 0) is 29.7 Å². The number of nitrogens with one attached hydrogen (secondary N) is 1. The lowest BCUT2D eigenvalue weighted by molar-refractivity contribution is -0.154. The number of alkyl halides is 3. The first-order valence-corrected chi connectivity index (χ1v) is 8.29. The van der Waals surface area contributed by atoms with E-state index in [1.54, 1.807) is 6.07 Å². The van der Waals surface area contributed by atoms with E-state index in [0.717, 1.165) is 11.1 Å². The molecule has 0 saturated carbocycles. The van der Waals surface area contributed by atoms with E-state index in [9.17, 15) is 18.0 Å². The molecule has 2 aromatic rings. The van der Waals surface area contributed by atoms with Crippen molar-refractivity contribution in [3.63, 3.8) is 0 Å². The van der Waals surface area contributed by atoms with Gasteiger partial charge in [0.15, 0.2) is 6.61 Å². The number of amides is 1. The van der Waals surface area contributed by atoms with E-state index in [1.165, 1.54) is 12.3 Å². The van der Waals surface area contributed by atoms with Gasteiger partial charge in [-0.15, -0.1) is 0 Å². The molecule has 7 heteroatoms. The predicted molar refractivity (Wildman–Crippen MR) is 93.9 cm³/mol. The molecule has 0 aliphatic carbocycles. The molecule has 0 atom stereocenters. The van der Waals surface area contributed by atoms with Crippen molar-refractivity contribution in [2.75, 3.05) is 6.61 Å². The summed E-state index contributed by atoms with van der Waals surface area (Å²) in [6.07, 6.45) is -2.83. The normalized spacial score (nSPS) is 10.5. The maximum Gasteiger partial charge on any atom is 0.422 e. The number of aromatic nitrogens is 1. The molecule has 4 nitrogen and oxygen atoms in total. The summed E-state index contributed by atoms with van der Waals surface area (Å²) in [6, 6.07) is 10.5. The van der Waals surface area contributed by atoms with E-state index in [-0.39, 0.29) is 24.8 Å². The number of nitrogens with zero attached hydrogens (tertiary/aromatic N) is 1. The first kappa shape index (κ1) is 21.5. The van der Waals surface area contributed by atoms with Crippen LogP contribution in [-0.4, -0.2) is 23.7 Å². The van der Waals surface area contributed by atoms with Crippen LogP contribution in [0.3, 0.4) is 0 Å². The highest BCUT2D eigenvalue weighted by molar-refractivity contribution is 5.78. The summed E-state index contributed by atoms with van der Waals surface area (Å²) in [5, 5.41) is 2.73. The molecule has 1 aromatic heterocycles. The van der Waals surface area contributed by atoms with Gasteiger partial charge in [0.1, 0.15) is 0 Å². The molecular weight excluding hydrogens is 345 g/mol. The van der Waals surface area contributed by atoms with E-state index >= 15 is 0 Å². The summed E-state index contributed by atoms with van der Waals surface area (Å²) in [6.45, 7) is 4.72. The highest BCUT2D eigenvalue weighted by atomic mass is 19.4. The van der Waals surface area contributed by atoms with Gasteiger partial charge >= 0.3 is 6.18 Å². The minimum absolute atomic E-state index is 0.127. The molecule has 1 aromatic carbocycles. The Hall–Kier alpha value is -2.57. The fourth-order valence-electron chi connectivity index (χ4n) is 2.04. The van der Waals surface area contributed by atoms with Crippen molar-refractivity contribution < 1.29 is 22.7 Å². The number of halogens is 3. The largest absolute Gasteiger partial charge is 0.468 e. The van der Waals surface area contributed by atoms with Crippen LogP contribution in [0.2, 0.25) is 0 Å². The quantitative estimate of drug-likeness (QED) is 0.831. The summed E-state index contributed by atoms with van der Waals surface area (Å²) in [7, 11) is 0. The van der Waals surface area contributed by atoms with Crippen LogP contribution in [0.4, 0.5) is 13.2 Å².